The summed E-state index contributed by atoms with van der Waals surface area (Å²) in [5, 5.41) is 5.79. The molecule has 0 aromatic heterocycles. The topological polar surface area (TPSA) is 12.0 Å². The first-order chi connectivity index (χ1) is 8.19. The van der Waals surface area contributed by atoms with Gasteiger partial charge in [-0.15, -0.1) is 11.8 Å². The summed E-state index contributed by atoms with van der Waals surface area (Å²) in [4.78, 5) is 1.17. The molecular weight excluding hydrogens is 273 g/mol. The minimum atomic E-state index is 0.339. The number of fused-ring (bicyclic) bond motifs is 1. The minimum absolute atomic E-state index is 0.339. The number of nitrogens with one attached hydrogen (secondary N) is 1. The summed E-state index contributed by atoms with van der Waals surface area (Å²) in [5.41, 5.74) is 1.20. The van der Waals surface area contributed by atoms with Gasteiger partial charge in [0.1, 0.15) is 0 Å². The van der Waals surface area contributed by atoms with Crippen LogP contribution in [0.3, 0.4) is 0 Å². The lowest BCUT2D eigenvalue weighted by Gasteiger charge is -2.20. The molecule has 4 heteroatoms. The van der Waals surface area contributed by atoms with Crippen LogP contribution in [0.15, 0.2) is 17.0 Å². The van der Waals surface area contributed by atoms with Crippen LogP contribution in [0.4, 0.5) is 0 Å². The first-order valence-electron chi connectivity index (χ1n) is 6.07. The third-order valence-electron chi connectivity index (χ3n) is 3.06. The molecule has 1 aromatic carbocycles. The molecular formula is C13H17Cl2NS. The van der Waals surface area contributed by atoms with Crippen molar-refractivity contribution in [3.05, 3.63) is 27.7 Å². The highest BCUT2D eigenvalue weighted by Crippen LogP contribution is 2.51. The van der Waals surface area contributed by atoms with Crippen LogP contribution >= 0.6 is 35.0 Å². The molecule has 0 spiro atoms. The predicted molar refractivity (Wildman–Crippen MR) is 77.4 cm³/mol. The van der Waals surface area contributed by atoms with Gasteiger partial charge in [0.2, 0.25) is 0 Å². The second kappa shape index (κ2) is 5.83. The van der Waals surface area contributed by atoms with E-state index in [0.717, 1.165) is 29.4 Å². The van der Waals surface area contributed by atoms with Crippen molar-refractivity contribution in [2.24, 2.45) is 0 Å². The van der Waals surface area contributed by atoms with Gasteiger partial charge < -0.3 is 5.32 Å². The zero-order valence-electron chi connectivity index (χ0n) is 10.1. The fourth-order valence-electron chi connectivity index (χ4n) is 2.22. The summed E-state index contributed by atoms with van der Waals surface area (Å²) in [6.45, 7) is 5.41. The first kappa shape index (κ1) is 13.5. The molecule has 1 aliphatic heterocycles. The second-order valence-corrected chi connectivity index (χ2v) is 6.33. The van der Waals surface area contributed by atoms with Crippen molar-refractivity contribution < 1.29 is 0 Å². The van der Waals surface area contributed by atoms with Gasteiger partial charge in [-0.1, -0.05) is 37.0 Å². The van der Waals surface area contributed by atoms with Gasteiger partial charge in [-0.25, -0.2) is 0 Å². The first-order valence-corrected chi connectivity index (χ1v) is 7.70. The molecule has 2 atom stereocenters. The molecule has 0 aliphatic carbocycles. The van der Waals surface area contributed by atoms with Gasteiger partial charge in [-0.3, -0.25) is 0 Å². The molecule has 0 bridgehead atoms. The number of hydrogen-bond acceptors (Lipinski definition) is 2. The number of rotatable bonds is 4. The van der Waals surface area contributed by atoms with E-state index in [1.54, 1.807) is 0 Å². The monoisotopic (exact) mass is 289 g/mol. The molecule has 2 unspecified atom stereocenters. The van der Waals surface area contributed by atoms with Crippen LogP contribution in [0.1, 0.15) is 38.3 Å². The lowest BCUT2D eigenvalue weighted by atomic mass is 10.0. The average Bonchev–Trinajstić information content (AvgIpc) is 2.71. The van der Waals surface area contributed by atoms with E-state index in [4.69, 9.17) is 23.2 Å². The van der Waals surface area contributed by atoms with Gasteiger partial charge in [0.25, 0.3) is 0 Å². The highest BCUT2D eigenvalue weighted by atomic mass is 35.5. The van der Waals surface area contributed by atoms with E-state index in [2.05, 4.69) is 19.2 Å². The van der Waals surface area contributed by atoms with Gasteiger partial charge in [-0.2, -0.15) is 0 Å². The van der Waals surface area contributed by atoms with E-state index in [9.17, 15) is 0 Å². The minimum Gasteiger partial charge on any atom is -0.309 e. The Kier molecular flexibility index (Phi) is 4.65. The molecule has 1 nitrogen and oxygen atoms in total. The second-order valence-electron chi connectivity index (χ2n) is 4.27. The van der Waals surface area contributed by atoms with Gasteiger partial charge in [0.05, 0.1) is 5.02 Å². The fourth-order valence-corrected chi connectivity index (χ4v) is 4.23. The largest absolute Gasteiger partial charge is 0.309 e. The average molecular weight is 290 g/mol. The Morgan fingerprint density at radius 3 is 2.59 bits per heavy atom. The van der Waals surface area contributed by atoms with Crippen molar-refractivity contribution in [1.82, 2.24) is 5.32 Å². The molecule has 0 fully saturated rings. The lowest BCUT2D eigenvalue weighted by Crippen LogP contribution is -2.27. The zero-order valence-corrected chi connectivity index (χ0v) is 12.4. The summed E-state index contributed by atoms with van der Waals surface area (Å²) in [5.74, 6) is 0. The van der Waals surface area contributed by atoms with Crippen LogP contribution in [-0.2, 0) is 0 Å². The van der Waals surface area contributed by atoms with E-state index in [1.165, 1.54) is 10.5 Å². The van der Waals surface area contributed by atoms with Crippen LogP contribution in [-0.4, -0.2) is 11.8 Å². The van der Waals surface area contributed by atoms with Crippen LogP contribution in [0.25, 0.3) is 0 Å². The molecule has 1 heterocycles. The van der Waals surface area contributed by atoms with Crippen LogP contribution in [0, 0.1) is 0 Å². The van der Waals surface area contributed by atoms with Crippen molar-refractivity contribution in [2.45, 2.75) is 42.9 Å². The van der Waals surface area contributed by atoms with Gasteiger partial charge in [-0.05, 0) is 31.5 Å². The van der Waals surface area contributed by atoms with Gasteiger partial charge in [0.15, 0.2) is 0 Å². The molecule has 0 radical (unpaired) electrons. The Labute approximate surface area is 117 Å². The van der Waals surface area contributed by atoms with Crippen molar-refractivity contribution >= 4 is 35.0 Å². The Balaban J connectivity index is 2.36. The van der Waals surface area contributed by atoms with Crippen molar-refractivity contribution in [3.8, 4) is 0 Å². The van der Waals surface area contributed by atoms with E-state index in [1.807, 2.05) is 23.9 Å². The standard InChI is InChI=1S/C13H17Cl2NS/c1-3-7-16-12-10(4-2)17-13-9(15)6-5-8(14)11(12)13/h5-6,10,12,16H,3-4,7H2,1-2H3. The fraction of sp³-hybridized carbons (Fsp3) is 0.538. The van der Waals surface area contributed by atoms with E-state index in [-0.39, 0.29) is 0 Å². The van der Waals surface area contributed by atoms with Crippen molar-refractivity contribution in [2.75, 3.05) is 6.54 Å². The Morgan fingerprint density at radius 1 is 1.24 bits per heavy atom. The molecule has 17 heavy (non-hydrogen) atoms. The smallest absolute Gasteiger partial charge is 0.0546 e. The molecule has 0 amide bonds. The Hall–Kier alpha value is 0.110. The third-order valence-corrected chi connectivity index (χ3v) is 5.40. The summed E-state index contributed by atoms with van der Waals surface area (Å²) in [6, 6.07) is 4.14. The maximum absolute atomic E-state index is 6.33. The van der Waals surface area contributed by atoms with Gasteiger partial charge in [0, 0.05) is 26.8 Å². The third kappa shape index (κ3) is 2.60. The summed E-state index contributed by atoms with van der Waals surface area (Å²) in [6.07, 6.45) is 2.25. The van der Waals surface area contributed by atoms with E-state index < -0.39 is 0 Å². The van der Waals surface area contributed by atoms with Crippen LogP contribution < -0.4 is 5.32 Å². The zero-order chi connectivity index (χ0) is 12.4. The summed E-state index contributed by atoms with van der Waals surface area (Å²) < 4.78 is 0. The molecule has 2 rings (SSSR count). The molecule has 94 valence electrons. The van der Waals surface area contributed by atoms with E-state index >= 15 is 0 Å². The normalized spacial score (nSPS) is 22.8. The highest BCUT2D eigenvalue weighted by Gasteiger charge is 2.34. The summed E-state index contributed by atoms with van der Waals surface area (Å²) in [7, 11) is 0. The Morgan fingerprint density at radius 2 is 1.94 bits per heavy atom. The maximum Gasteiger partial charge on any atom is 0.0546 e. The SMILES string of the molecule is CCCNC1c2c(Cl)ccc(Cl)c2SC1CC. The van der Waals surface area contributed by atoms with Crippen molar-refractivity contribution in [3.63, 3.8) is 0 Å². The lowest BCUT2D eigenvalue weighted by molar-refractivity contribution is 0.510. The predicted octanol–water partition coefficient (Wildman–Crippen LogP) is 4.92. The van der Waals surface area contributed by atoms with E-state index in [0.29, 0.717) is 11.3 Å². The van der Waals surface area contributed by atoms with Gasteiger partial charge >= 0.3 is 0 Å². The Bertz CT molecular complexity index is 409. The molecule has 1 aromatic rings. The molecule has 0 saturated heterocycles. The number of hydrogen-bond donors (Lipinski definition) is 1. The molecule has 0 saturated carbocycles. The summed E-state index contributed by atoms with van der Waals surface area (Å²) >= 11 is 14.4. The number of thioether (sulfide) groups is 1. The quantitative estimate of drug-likeness (QED) is 0.844. The molecule has 1 N–H and O–H groups in total. The van der Waals surface area contributed by atoms with Crippen LogP contribution in [0.2, 0.25) is 10.0 Å². The highest BCUT2D eigenvalue weighted by molar-refractivity contribution is 8.00. The van der Waals surface area contributed by atoms with Crippen molar-refractivity contribution in [1.29, 1.82) is 0 Å². The number of benzene rings is 1. The maximum atomic E-state index is 6.33. The van der Waals surface area contributed by atoms with Crippen LogP contribution in [0.5, 0.6) is 0 Å². The number of halogens is 2. The molecule has 1 aliphatic rings.